The number of anilines is 1. The molecule has 2 heterocycles. The Morgan fingerprint density at radius 3 is 3.12 bits per heavy atom. The minimum absolute atomic E-state index is 0.463. The lowest BCUT2D eigenvalue weighted by Crippen LogP contribution is -2.03. The summed E-state index contributed by atoms with van der Waals surface area (Å²) in [4.78, 5) is 9.63. The first-order chi connectivity index (χ1) is 8.33. The van der Waals surface area contributed by atoms with Crippen molar-refractivity contribution in [2.45, 2.75) is 25.9 Å². The number of nitrogens with zero attached hydrogens (tertiary/aromatic N) is 2. The number of nitrogen functional groups attached to an aromatic ring is 1. The van der Waals surface area contributed by atoms with Crippen molar-refractivity contribution < 1.29 is 4.74 Å². The van der Waals surface area contributed by atoms with E-state index in [4.69, 9.17) is 10.5 Å². The summed E-state index contributed by atoms with van der Waals surface area (Å²) in [5, 5.41) is 2.92. The first-order valence-corrected chi connectivity index (χ1v) is 6.78. The zero-order valence-corrected chi connectivity index (χ0v) is 10.4. The summed E-state index contributed by atoms with van der Waals surface area (Å²) in [5.74, 6) is 2.14. The maximum atomic E-state index is 5.86. The van der Waals surface area contributed by atoms with Gasteiger partial charge in [0.15, 0.2) is 5.82 Å². The third-order valence-electron chi connectivity index (χ3n) is 3.00. The van der Waals surface area contributed by atoms with Gasteiger partial charge in [0, 0.05) is 6.61 Å². The largest absolute Gasteiger partial charge is 0.383 e. The molecular formula is C12H15N3OS. The number of aromatic nitrogens is 2. The second-order valence-electron chi connectivity index (χ2n) is 4.45. The van der Waals surface area contributed by atoms with Crippen LogP contribution in [-0.4, -0.2) is 16.6 Å². The van der Waals surface area contributed by atoms with E-state index in [-0.39, 0.29) is 0 Å². The van der Waals surface area contributed by atoms with Crippen molar-refractivity contribution in [3.63, 3.8) is 0 Å². The van der Waals surface area contributed by atoms with E-state index >= 15 is 0 Å². The number of rotatable bonds is 5. The van der Waals surface area contributed by atoms with Gasteiger partial charge in [0.05, 0.1) is 5.39 Å². The summed E-state index contributed by atoms with van der Waals surface area (Å²) >= 11 is 1.58. The van der Waals surface area contributed by atoms with Gasteiger partial charge in [0.25, 0.3) is 0 Å². The van der Waals surface area contributed by atoms with Crippen LogP contribution >= 0.6 is 11.3 Å². The average molecular weight is 249 g/mol. The molecule has 2 N–H and O–H groups in total. The summed E-state index contributed by atoms with van der Waals surface area (Å²) in [6, 6.07) is 1.95. The Balaban J connectivity index is 1.63. The third-order valence-corrected chi connectivity index (χ3v) is 3.81. The molecule has 5 heteroatoms. The van der Waals surface area contributed by atoms with Crippen LogP contribution < -0.4 is 5.73 Å². The van der Waals surface area contributed by atoms with Crippen LogP contribution in [0.15, 0.2) is 11.4 Å². The van der Waals surface area contributed by atoms with E-state index in [1.807, 2.05) is 11.4 Å². The maximum absolute atomic E-state index is 5.86. The minimum atomic E-state index is 0.463. The van der Waals surface area contributed by atoms with Crippen LogP contribution in [0.5, 0.6) is 0 Å². The molecule has 0 aromatic carbocycles. The Bertz CT molecular complexity index is 521. The van der Waals surface area contributed by atoms with Gasteiger partial charge in [-0.3, -0.25) is 0 Å². The molecular weight excluding hydrogens is 234 g/mol. The van der Waals surface area contributed by atoms with Crippen molar-refractivity contribution in [2.24, 2.45) is 5.92 Å². The zero-order valence-electron chi connectivity index (χ0n) is 9.56. The summed E-state index contributed by atoms with van der Waals surface area (Å²) in [5.41, 5.74) is 5.86. The summed E-state index contributed by atoms with van der Waals surface area (Å²) in [6.45, 7) is 1.27. The molecule has 4 nitrogen and oxygen atoms in total. The van der Waals surface area contributed by atoms with Crippen molar-refractivity contribution in [3.8, 4) is 0 Å². The van der Waals surface area contributed by atoms with Gasteiger partial charge in [-0.25, -0.2) is 9.97 Å². The molecule has 2 aromatic heterocycles. The van der Waals surface area contributed by atoms with Gasteiger partial charge in [-0.15, -0.1) is 11.3 Å². The maximum Gasteiger partial charge on any atom is 0.158 e. The van der Waals surface area contributed by atoms with Crippen molar-refractivity contribution in [1.82, 2.24) is 9.97 Å². The smallest absolute Gasteiger partial charge is 0.158 e. The van der Waals surface area contributed by atoms with E-state index in [2.05, 4.69) is 9.97 Å². The van der Waals surface area contributed by atoms with Gasteiger partial charge in [-0.1, -0.05) is 12.8 Å². The van der Waals surface area contributed by atoms with Gasteiger partial charge in [0.1, 0.15) is 17.3 Å². The lowest BCUT2D eigenvalue weighted by atomic mass is 10.3. The van der Waals surface area contributed by atoms with E-state index < -0.39 is 0 Å². The first-order valence-electron chi connectivity index (χ1n) is 5.90. The molecule has 17 heavy (non-hydrogen) atoms. The lowest BCUT2D eigenvalue weighted by molar-refractivity contribution is 0.110. The highest BCUT2D eigenvalue weighted by molar-refractivity contribution is 7.16. The molecule has 0 atom stereocenters. The molecule has 1 aliphatic rings. The number of hydrogen-bond donors (Lipinski definition) is 1. The highest BCUT2D eigenvalue weighted by Gasteiger charge is 2.20. The second kappa shape index (κ2) is 4.58. The number of ether oxygens (including phenoxy) is 1. The summed E-state index contributed by atoms with van der Waals surface area (Å²) in [6.07, 6.45) is 3.90. The fourth-order valence-electron chi connectivity index (χ4n) is 1.81. The number of nitrogens with two attached hydrogens (primary N) is 1. The molecule has 0 bridgehead atoms. The predicted molar refractivity (Wildman–Crippen MR) is 68.8 cm³/mol. The Kier molecular flexibility index (Phi) is 2.94. The molecule has 1 fully saturated rings. The minimum Gasteiger partial charge on any atom is -0.383 e. The Hall–Kier alpha value is -1.20. The van der Waals surface area contributed by atoms with Crippen LogP contribution in [0.4, 0.5) is 5.82 Å². The van der Waals surface area contributed by atoms with Gasteiger partial charge in [-0.05, 0) is 23.8 Å². The van der Waals surface area contributed by atoms with Crippen molar-refractivity contribution >= 4 is 27.4 Å². The number of hydrogen-bond acceptors (Lipinski definition) is 5. The summed E-state index contributed by atoms with van der Waals surface area (Å²) < 4.78 is 5.58. The van der Waals surface area contributed by atoms with Crippen molar-refractivity contribution in [1.29, 1.82) is 0 Å². The molecule has 0 radical (unpaired) electrons. The Morgan fingerprint density at radius 1 is 1.41 bits per heavy atom. The van der Waals surface area contributed by atoms with E-state index in [1.165, 1.54) is 12.8 Å². The third kappa shape index (κ3) is 2.56. The second-order valence-corrected chi connectivity index (χ2v) is 5.34. The normalized spacial score (nSPS) is 15.5. The SMILES string of the molecule is Nc1nc(COCCC2CC2)nc2sccc12. The summed E-state index contributed by atoms with van der Waals surface area (Å²) in [7, 11) is 0. The van der Waals surface area contributed by atoms with E-state index in [0.717, 1.165) is 29.2 Å². The predicted octanol–water partition coefficient (Wildman–Crippen LogP) is 2.59. The fourth-order valence-corrected chi connectivity index (χ4v) is 2.60. The molecule has 0 saturated heterocycles. The highest BCUT2D eigenvalue weighted by Crippen LogP contribution is 2.32. The lowest BCUT2D eigenvalue weighted by Gasteiger charge is -2.04. The van der Waals surface area contributed by atoms with E-state index in [9.17, 15) is 0 Å². The fraction of sp³-hybridized carbons (Fsp3) is 0.500. The van der Waals surface area contributed by atoms with Crippen molar-refractivity contribution in [3.05, 3.63) is 17.3 Å². The molecule has 1 aliphatic carbocycles. The standard InChI is InChI=1S/C12H15N3OS/c13-11-9-4-6-17-12(9)15-10(14-11)7-16-5-3-8-1-2-8/h4,6,8H,1-3,5,7H2,(H2,13,14,15). The Morgan fingerprint density at radius 2 is 2.29 bits per heavy atom. The van der Waals surface area contributed by atoms with Gasteiger partial charge >= 0.3 is 0 Å². The quantitative estimate of drug-likeness (QED) is 0.827. The van der Waals surface area contributed by atoms with Crippen molar-refractivity contribution in [2.75, 3.05) is 12.3 Å². The number of fused-ring (bicyclic) bond motifs is 1. The van der Waals surface area contributed by atoms with E-state index in [1.54, 1.807) is 11.3 Å². The van der Waals surface area contributed by atoms with Gasteiger partial charge in [-0.2, -0.15) is 0 Å². The van der Waals surface area contributed by atoms with Crippen LogP contribution in [0, 0.1) is 5.92 Å². The Labute approximate surface area is 104 Å². The molecule has 2 aromatic rings. The highest BCUT2D eigenvalue weighted by atomic mass is 32.1. The average Bonchev–Trinajstić information content (AvgIpc) is 3.01. The molecule has 1 saturated carbocycles. The molecule has 0 amide bonds. The zero-order chi connectivity index (χ0) is 11.7. The first kappa shape index (κ1) is 10.9. The molecule has 0 unspecified atom stereocenters. The molecule has 3 rings (SSSR count). The van der Waals surface area contributed by atoms with Crippen LogP contribution in [0.2, 0.25) is 0 Å². The monoisotopic (exact) mass is 249 g/mol. The molecule has 90 valence electrons. The van der Waals surface area contributed by atoms with Crippen LogP contribution in [0.1, 0.15) is 25.1 Å². The van der Waals surface area contributed by atoms with Gasteiger partial charge in [0.2, 0.25) is 0 Å². The van der Waals surface area contributed by atoms with Crippen LogP contribution in [0.3, 0.4) is 0 Å². The van der Waals surface area contributed by atoms with E-state index in [0.29, 0.717) is 18.2 Å². The number of thiophene rings is 1. The molecule has 0 aliphatic heterocycles. The van der Waals surface area contributed by atoms with Crippen LogP contribution in [0.25, 0.3) is 10.2 Å². The topological polar surface area (TPSA) is 61.0 Å². The van der Waals surface area contributed by atoms with Crippen LogP contribution in [-0.2, 0) is 11.3 Å². The molecule has 0 spiro atoms. The van der Waals surface area contributed by atoms with Gasteiger partial charge < -0.3 is 10.5 Å².